The van der Waals surface area contributed by atoms with Gasteiger partial charge in [0, 0.05) is 18.8 Å². The Morgan fingerprint density at radius 1 is 1.22 bits per heavy atom. The van der Waals surface area contributed by atoms with Crippen molar-refractivity contribution in [1.29, 1.82) is 0 Å². The van der Waals surface area contributed by atoms with Crippen LogP contribution >= 0.6 is 0 Å². The van der Waals surface area contributed by atoms with E-state index in [4.69, 9.17) is 15.2 Å². The highest BCUT2D eigenvalue weighted by molar-refractivity contribution is 6.03. The van der Waals surface area contributed by atoms with Gasteiger partial charge in [-0.05, 0) is 50.8 Å². The number of esters is 1. The van der Waals surface area contributed by atoms with Crippen molar-refractivity contribution < 1.29 is 19.1 Å². The van der Waals surface area contributed by atoms with Crippen LogP contribution in [0, 0.1) is 0 Å². The summed E-state index contributed by atoms with van der Waals surface area (Å²) < 4.78 is 10.7. The van der Waals surface area contributed by atoms with Crippen molar-refractivity contribution in [2.24, 2.45) is 0 Å². The van der Waals surface area contributed by atoms with Crippen molar-refractivity contribution in [3.8, 4) is 0 Å². The second-order valence-corrected chi connectivity index (χ2v) is 6.23. The van der Waals surface area contributed by atoms with Gasteiger partial charge in [-0.1, -0.05) is 19.4 Å². The van der Waals surface area contributed by atoms with Crippen LogP contribution in [0.15, 0.2) is 30.9 Å². The molecular weight excluding hydrogens is 344 g/mol. The number of nitrogens with zero attached hydrogens (tertiary/aromatic N) is 1. The zero-order valence-corrected chi connectivity index (χ0v) is 16.5. The van der Waals surface area contributed by atoms with Crippen LogP contribution in [-0.4, -0.2) is 38.2 Å². The van der Waals surface area contributed by atoms with Gasteiger partial charge in [0.2, 0.25) is 0 Å². The zero-order chi connectivity index (χ0) is 20.1. The van der Waals surface area contributed by atoms with Gasteiger partial charge in [0.25, 0.3) is 5.91 Å². The summed E-state index contributed by atoms with van der Waals surface area (Å²) in [6.45, 7) is 8.71. The number of unbranched alkanes of at least 4 members (excludes halogenated alkanes) is 3. The average molecular weight is 376 g/mol. The highest BCUT2D eigenvalue weighted by Gasteiger charge is 2.22. The van der Waals surface area contributed by atoms with Gasteiger partial charge in [-0.3, -0.25) is 4.79 Å². The van der Waals surface area contributed by atoms with E-state index in [-0.39, 0.29) is 19.1 Å². The van der Waals surface area contributed by atoms with Gasteiger partial charge in [-0.15, -0.1) is 6.58 Å². The quantitative estimate of drug-likeness (QED) is 0.244. The van der Waals surface area contributed by atoms with E-state index in [0.717, 1.165) is 32.1 Å². The van der Waals surface area contributed by atoms with E-state index in [2.05, 4.69) is 6.58 Å². The molecule has 0 spiro atoms. The second-order valence-electron chi connectivity index (χ2n) is 6.23. The molecule has 0 saturated heterocycles. The summed E-state index contributed by atoms with van der Waals surface area (Å²) in [5.41, 5.74) is 7.20. The lowest BCUT2D eigenvalue weighted by Crippen LogP contribution is -2.36. The number of nitrogen functional groups attached to an aromatic ring is 1. The molecule has 0 aromatic heterocycles. The molecule has 0 unspecified atom stereocenters. The summed E-state index contributed by atoms with van der Waals surface area (Å²) in [6, 6.07) is 4.88. The molecule has 0 aliphatic heterocycles. The second kappa shape index (κ2) is 12.9. The molecule has 1 aromatic carbocycles. The Morgan fingerprint density at radius 2 is 2.00 bits per heavy atom. The van der Waals surface area contributed by atoms with Gasteiger partial charge in [0.05, 0.1) is 17.9 Å². The predicted octanol–water partition coefficient (Wildman–Crippen LogP) is 3.95. The normalized spacial score (nSPS) is 10.4. The highest BCUT2D eigenvalue weighted by Crippen LogP contribution is 2.25. The Balaban J connectivity index is 2.91. The van der Waals surface area contributed by atoms with Crippen molar-refractivity contribution in [1.82, 2.24) is 0 Å². The molecule has 0 aliphatic carbocycles. The highest BCUT2D eigenvalue weighted by atomic mass is 16.5. The fourth-order valence-corrected chi connectivity index (χ4v) is 2.58. The van der Waals surface area contributed by atoms with Crippen LogP contribution in [0.2, 0.25) is 0 Å². The predicted molar refractivity (Wildman–Crippen MR) is 109 cm³/mol. The third kappa shape index (κ3) is 7.83. The molecule has 0 heterocycles. The number of benzene rings is 1. The van der Waals surface area contributed by atoms with Crippen molar-refractivity contribution in [2.75, 3.05) is 37.0 Å². The zero-order valence-electron chi connectivity index (χ0n) is 16.5. The first-order valence-corrected chi connectivity index (χ1v) is 9.60. The van der Waals surface area contributed by atoms with E-state index < -0.39 is 5.97 Å². The standard InChI is InChI=1S/C21H32N2O4/c1-4-7-9-10-14-26-16-20(24)23(13-8-5-2)19-15-17(22)11-12-18(19)21(25)27-6-3/h4,11-12,15H,1,5-10,13-14,16,22H2,2-3H3. The van der Waals surface area contributed by atoms with Crippen molar-refractivity contribution in [2.45, 2.75) is 46.0 Å². The molecule has 1 aromatic rings. The Morgan fingerprint density at radius 3 is 2.67 bits per heavy atom. The number of nitrogens with two attached hydrogens (primary N) is 1. The van der Waals surface area contributed by atoms with Crippen LogP contribution in [0.4, 0.5) is 11.4 Å². The van der Waals surface area contributed by atoms with Crippen LogP contribution in [0.5, 0.6) is 0 Å². The Kier molecular flexibility index (Phi) is 10.9. The van der Waals surface area contributed by atoms with E-state index in [1.54, 1.807) is 30.0 Å². The molecule has 0 aliphatic rings. The molecule has 0 saturated carbocycles. The molecule has 0 atom stereocenters. The third-order valence-corrected chi connectivity index (χ3v) is 4.02. The molecule has 0 radical (unpaired) electrons. The first kappa shape index (κ1) is 22.7. The van der Waals surface area contributed by atoms with Gasteiger partial charge < -0.3 is 20.1 Å². The van der Waals surface area contributed by atoms with Crippen molar-refractivity contribution >= 4 is 23.3 Å². The maximum absolute atomic E-state index is 12.8. The topological polar surface area (TPSA) is 81.9 Å². The van der Waals surface area contributed by atoms with Crippen molar-refractivity contribution in [3.05, 3.63) is 36.4 Å². The molecule has 1 rings (SSSR count). The Hall–Kier alpha value is -2.34. The van der Waals surface area contributed by atoms with Gasteiger partial charge >= 0.3 is 5.97 Å². The molecule has 150 valence electrons. The lowest BCUT2D eigenvalue weighted by molar-refractivity contribution is -0.123. The molecular formula is C21H32N2O4. The number of carbonyl (C=O) groups excluding carboxylic acids is 2. The summed E-state index contributed by atoms with van der Waals surface area (Å²) in [5, 5.41) is 0. The summed E-state index contributed by atoms with van der Waals surface area (Å²) in [6.07, 6.45) is 6.39. The largest absolute Gasteiger partial charge is 0.462 e. The van der Waals surface area contributed by atoms with Crippen LogP contribution in [0.25, 0.3) is 0 Å². The lowest BCUT2D eigenvalue weighted by Gasteiger charge is -2.25. The smallest absolute Gasteiger partial charge is 0.340 e. The fraction of sp³-hybridized carbons (Fsp3) is 0.524. The Labute approximate surface area is 162 Å². The number of carbonyl (C=O) groups is 2. The van der Waals surface area contributed by atoms with Crippen LogP contribution < -0.4 is 10.6 Å². The van der Waals surface area contributed by atoms with E-state index in [0.29, 0.717) is 30.1 Å². The SMILES string of the molecule is C=CCCCCOCC(=O)N(CCCC)c1cc(N)ccc1C(=O)OCC. The first-order valence-electron chi connectivity index (χ1n) is 9.60. The van der Waals surface area contributed by atoms with Gasteiger partial charge in [0.1, 0.15) is 6.61 Å². The number of hydrogen-bond acceptors (Lipinski definition) is 5. The summed E-state index contributed by atoms with van der Waals surface area (Å²) >= 11 is 0. The number of allylic oxidation sites excluding steroid dienone is 1. The minimum absolute atomic E-state index is 0.0329. The summed E-state index contributed by atoms with van der Waals surface area (Å²) in [5.74, 6) is -0.657. The monoisotopic (exact) mass is 376 g/mol. The molecule has 0 bridgehead atoms. The van der Waals surface area contributed by atoms with Gasteiger partial charge in [-0.25, -0.2) is 4.79 Å². The maximum atomic E-state index is 12.8. The minimum Gasteiger partial charge on any atom is -0.462 e. The van der Waals surface area contributed by atoms with Gasteiger partial charge in [0.15, 0.2) is 0 Å². The molecule has 6 heteroatoms. The summed E-state index contributed by atoms with van der Waals surface area (Å²) in [4.78, 5) is 26.7. The van der Waals surface area contributed by atoms with E-state index in [1.165, 1.54) is 0 Å². The maximum Gasteiger partial charge on any atom is 0.340 e. The lowest BCUT2D eigenvalue weighted by atomic mass is 10.1. The van der Waals surface area contributed by atoms with E-state index in [9.17, 15) is 9.59 Å². The Bertz CT molecular complexity index is 616. The minimum atomic E-state index is -0.466. The molecule has 0 fully saturated rings. The third-order valence-electron chi connectivity index (χ3n) is 4.02. The number of hydrogen-bond donors (Lipinski definition) is 1. The van der Waals surface area contributed by atoms with Crippen LogP contribution in [-0.2, 0) is 14.3 Å². The number of ether oxygens (including phenoxy) is 2. The van der Waals surface area contributed by atoms with Crippen molar-refractivity contribution in [3.63, 3.8) is 0 Å². The van der Waals surface area contributed by atoms with E-state index in [1.807, 2.05) is 13.0 Å². The number of amides is 1. The summed E-state index contributed by atoms with van der Waals surface area (Å²) in [7, 11) is 0. The fourth-order valence-electron chi connectivity index (χ4n) is 2.58. The first-order chi connectivity index (χ1) is 13.0. The molecule has 6 nitrogen and oxygen atoms in total. The molecule has 2 N–H and O–H groups in total. The molecule has 27 heavy (non-hydrogen) atoms. The van der Waals surface area contributed by atoms with Crippen LogP contribution in [0.1, 0.15) is 56.3 Å². The van der Waals surface area contributed by atoms with E-state index >= 15 is 0 Å². The number of rotatable bonds is 13. The van der Waals surface area contributed by atoms with Crippen LogP contribution in [0.3, 0.4) is 0 Å². The van der Waals surface area contributed by atoms with Gasteiger partial charge in [-0.2, -0.15) is 0 Å². The number of anilines is 2. The molecule has 1 amide bonds. The average Bonchev–Trinajstić information content (AvgIpc) is 2.65.